The number of unbranched alkanes of at least 4 members (excludes halogenated alkanes) is 2. The van der Waals surface area contributed by atoms with Crippen molar-refractivity contribution < 1.29 is 0 Å². The first-order chi connectivity index (χ1) is 5.81. The van der Waals surface area contributed by atoms with Gasteiger partial charge in [0.15, 0.2) is 0 Å². The Kier molecular flexibility index (Phi) is 8.20. The highest BCUT2D eigenvalue weighted by Gasteiger charge is 1.97. The van der Waals surface area contributed by atoms with Crippen LogP contribution >= 0.6 is 0 Å². The first kappa shape index (κ1) is 11.5. The molecule has 0 aromatic carbocycles. The molecule has 0 aliphatic heterocycles. The third-order valence-electron chi connectivity index (χ3n) is 2.13. The molecule has 0 aromatic heterocycles. The van der Waals surface area contributed by atoms with Crippen LogP contribution in [-0.4, -0.2) is 0 Å². The molecule has 0 fully saturated rings. The van der Waals surface area contributed by atoms with E-state index >= 15 is 0 Å². The minimum atomic E-state index is 0.853. The molecule has 0 bridgehead atoms. The van der Waals surface area contributed by atoms with E-state index in [4.69, 9.17) is 0 Å². The Morgan fingerprint density at radius 2 is 2.08 bits per heavy atom. The molecule has 0 amide bonds. The summed E-state index contributed by atoms with van der Waals surface area (Å²) in [6.45, 7) is 8.13. The maximum Gasteiger partial charge on any atom is -0.0325 e. The zero-order valence-electron chi connectivity index (χ0n) is 8.55. The fraction of sp³-hybridized carbons (Fsp3) is 0.667. The van der Waals surface area contributed by atoms with Crippen LogP contribution in [0.3, 0.4) is 0 Å². The number of allylic oxidation sites excluding steroid dienone is 3. The first-order valence-electron chi connectivity index (χ1n) is 5.03. The molecular weight excluding hydrogens is 144 g/mol. The first-order valence-corrected chi connectivity index (χ1v) is 5.03. The lowest BCUT2D eigenvalue weighted by atomic mass is 10.00. The highest BCUT2D eigenvalue weighted by atomic mass is 14.0. The van der Waals surface area contributed by atoms with Crippen molar-refractivity contribution in [2.45, 2.75) is 46.0 Å². The van der Waals surface area contributed by atoms with Gasteiger partial charge in [-0.25, -0.2) is 0 Å². The molecular formula is C12H22. The molecule has 1 unspecified atom stereocenters. The Morgan fingerprint density at radius 3 is 2.67 bits per heavy atom. The van der Waals surface area contributed by atoms with Crippen molar-refractivity contribution in [2.75, 3.05) is 0 Å². The Bertz CT molecular complexity index is 122. The lowest BCUT2D eigenvalue weighted by Gasteiger charge is -2.06. The lowest BCUT2D eigenvalue weighted by Crippen LogP contribution is -1.91. The highest BCUT2D eigenvalue weighted by Crippen LogP contribution is 2.13. The predicted octanol–water partition coefficient (Wildman–Crippen LogP) is 4.34. The van der Waals surface area contributed by atoms with E-state index in [9.17, 15) is 0 Å². The quantitative estimate of drug-likeness (QED) is 0.390. The van der Waals surface area contributed by atoms with E-state index in [2.05, 4.69) is 32.6 Å². The Hall–Kier alpha value is -0.520. The minimum absolute atomic E-state index is 0.853. The fourth-order valence-electron chi connectivity index (χ4n) is 1.27. The average Bonchev–Trinajstić information content (AvgIpc) is 2.09. The van der Waals surface area contributed by atoms with E-state index < -0.39 is 0 Å². The second kappa shape index (κ2) is 8.58. The Labute approximate surface area is 77.4 Å². The third-order valence-corrected chi connectivity index (χ3v) is 2.13. The molecule has 0 heterocycles. The zero-order chi connectivity index (χ0) is 9.23. The summed E-state index contributed by atoms with van der Waals surface area (Å²) < 4.78 is 0. The van der Waals surface area contributed by atoms with Crippen molar-refractivity contribution in [3.8, 4) is 0 Å². The van der Waals surface area contributed by atoms with Gasteiger partial charge in [0, 0.05) is 0 Å². The minimum Gasteiger partial charge on any atom is -0.103 e. The second-order valence-electron chi connectivity index (χ2n) is 3.48. The van der Waals surface area contributed by atoms with Crippen LogP contribution in [0.2, 0.25) is 0 Å². The lowest BCUT2D eigenvalue weighted by molar-refractivity contribution is 0.505. The number of hydrogen-bond acceptors (Lipinski definition) is 0. The predicted molar refractivity (Wildman–Crippen MR) is 57.3 cm³/mol. The van der Waals surface area contributed by atoms with Gasteiger partial charge in [0.1, 0.15) is 0 Å². The van der Waals surface area contributed by atoms with Crippen LogP contribution in [0.15, 0.2) is 24.8 Å². The molecule has 0 heteroatoms. The summed E-state index contributed by atoms with van der Waals surface area (Å²) in [6.07, 6.45) is 12.8. The fourth-order valence-corrected chi connectivity index (χ4v) is 1.27. The van der Waals surface area contributed by atoms with Crippen LogP contribution in [0.1, 0.15) is 46.0 Å². The second-order valence-corrected chi connectivity index (χ2v) is 3.48. The topological polar surface area (TPSA) is 0 Å². The maximum absolute atomic E-state index is 3.72. The van der Waals surface area contributed by atoms with Gasteiger partial charge in [0.05, 0.1) is 0 Å². The summed E-state index contributed by atoms with van der Waals surface area (Å²) in [5.41, 5.74) is 0. The van der Waals surface area contributed by atoms with Gasteiger partial charge < -0.3 is 0 Å². The van der Waals surface area contributed by atoms with E-state index in [-0.39, 0.29) is 0 Å². The van der Waals surface area contributed by atoms with Crippen LogP contribution < -0.4 is 0 Å². The molecule has 0 aliphatic carbocycles. The van der Waals surface area contributed by atoms with E-state index in [1.54, 1.807) is 0 Å². The van der Waals surface area contributed by atoms with Crippen molar-refractivity contribution in [2.24, 2.45) is 5.92 Å². The van der Waals surface area contributed by atoms with Crippen molar-refractivity contribution in [3.63, 3.8) is 0 Å². The Balaban J connectivity index is 3.18. The van der Waals surface area contributed by atoms with Crippen molar-refractivity contribution in [1.82, 2.24) is 0 Å². The van der Waals surface area contributed by atoms with Gasteiger partial charge >= 0.3 is 0 Å². The summed E-state index contributed by atoms with van der Waals surface area (Å²) in [6, 6.07) is 0. The van der Waals surface area contributed by atoms with Gasteiger partial charge in [-0.1, -0.05) is 38.0 Å². The van der Waals surface area contributed by atoms with Gasteiger partial charge in [-0.3, -0.25) is 0 Å². The summed E-state index contributed by atoms with van der Waals surface area (Å²) >= 11 is 0. The van der Waals surface area contributed by atoms with E-state index in [1.807, 2.05) is 6.08 Å². The van der Waals surface area contributed by atoms with Gasteiger partial charge in [-0.15, -0.1) is 6.58 Å². The summed E-state index contributed by atoms with van der Waals surface area (Å²) in [5, 5.41) is 0. The smallest absolute Gasteiger partial charge is 0.0325 e. The van der Waals surface area contributed by atoms with Crippen LogP contribution in [0, 0.1) is 5.92 Å². The Morgan fingerprint density at radius 1 is 1.33 bits per heavy atom. The van der Waals surface area contributed by atoms with Gasteiger partial charge in [0.2, 0.25) is 0 Å². The standard InChI is InChI=1S/C12H22/c1-4-6-8-9-11-12(3)10-7-5-2/h4-5,7,12H,1,6,8-11H2,2-3H3. The largest absolute Gasteiger partial charge is 0.103 e. The zero-order valence-corrected chi connectivity index (χ0v) is 8.55. The molecule has 70 valence electrons. The van der Waals surface area contributed by atoms with Crippen LogP contribution in [0.5, 0.6) is 0 Å². The van der Waals surface area contributed by atoms with Gasteiger partial charge in [-0.2, -0.15) is 0 Å². The molecule has 0 saturated heterocycles. The molecule has 0 N–H and O–H groups in total. The molecule has 0 radical (unpaired) electrons. The molecule has 1 atom stereocenters. The highest BCUT2D eigenvalue weighted by molar-refractivity contribution is 4.79. The van der Waals surface area contributed by atoms with E-state index in [1.165, 1.54) is 32.1 Å². The van der Waals surface area contributed by atoms with Crippen LogP contribution in [0.25, 0.3) is 0 Å². The van der Waals surface area contributed by atoms with Crippen LogP contribution in [-0.2, 0) is 0 Å². The molecule has 0 aromatic rings. The molecule has 0 spiro atoms. The normalized spacial score (nSPS) is 13.5. The van der Waals surface area contributed by atoms with Gasteiger partial charge in [-0.05, 0) is 32.1 Å². The van der Waals surface area contributed by atoms with Crippen molar-refractivity contribution >= 4 is 0 Å². The van der Waals surface area contributed by atoms with Crippen LogP contribution in [0.4, 0.5) is 0 Å². The summed E-state index contributed by atoms with van der Waals surface area (Å²) in [4.78, 5) is 0. The summed E-state index contributed by atoms with van der Waals surface area (Å²) in [5.74, 6) is 0.853. The number of rotatable bonds is 7. The molecule has 0 saturated carbocycles. The molecule has 12 heavy (non-hydrogen) atoms. The van der Waals surface area contributed by atoms with E-state index in [0.717, 1.165) is 5.92 Å². The molecule has 0 nitrogen and oxygen atoms in total. The summed E-state index contributed by atoms with van der Waals surface area (Å²) in [7, 11) is 0. The average molecular weight is 166 g/mol. The monoisotopic (exact) mass is 166 g/mol. The maximum atomic E-state index is 3.72. The number of hydrogen-bond donors (Lipinski definition) is 0. The molecule has 0 rings (SSSR count). The van der Waals surface area contributed by atoms with Gasteiger partial charge in [0.25, 0.3) is 0 Å². The van der Waals surface area contributed by atoms with E-state index in [0.29, 0.717) is 0 Å². The molecule has 0 aliphatic rings. The van der Waals surface area contributed by atoms with Crippen molar-refractivity contribution in [3.05, 3.63) is 24.8 Å². The van der Waals surface area contributed by atoms with Crippen molar-refractivity contribution in [1.29, 1.82) is 0 Å². The SMILES string of the molecule is C=CCCCCC(C)CC=CC. The third kappa shape index (κ3) is 7.59.